The first-order valence-corrected chi connectivity index (χ1v) is 11.4. The Morgan fingerprint density at radius 1 is 1.23 bits per heavy atom. The lowest BCUT2D eigenvalue weighted by molar-refractivity contribution is -0.115. The minimum absolute atomic E-state index is 0.180. The number of nitrogens with zero attached hydrogens (tertiary/aromatic N) is 3. The smallest absolute Gasteiger partial charge is 0.239 e. The third-order valence-corrected chi connectivity index (χ3v) is 6.74. The summed E-state index contributed by atoms with van der Waals surface area (Å²) in [6, 6.07) is 9.76. The first-order valence-electron chi connectivity index (χ1n) is 8.85. The van der Waals surface area contributed by atoms with E-state index in [9.17, 15) is 9.18 Å². The van der Waals surface area contributed by atoms with Gasteiger partial charge in [-0.2, -0.15) is 0 Å². The summed E-state index contributed by atoms with van der Waals surface area (Å²) >= 11 is 4.02. The van der Waals surface area contributed by atoms with E-state index in [2.05, 4.69) is 25.8 Å². The number of rotatable bonds is 8. The summed E-state index contributed by atoms with van der Waals surface area (Å²) in [4.78, 5) is 16.9. The predicted molar refractivity (Wildman–Crippen MR) is 117 cm³/mol. The highest BCUT2D eigenvalue weighted by Crippen LogP contribution is 2.30. The molecule has 0 saturated heterocycles. The van der Waals surface area contributed by atoms with Crippen LogP contribution in [0.2, 0.25) is 0 Å². The topological polar surface area (TPSA) is 92.9 Å². The average molecular weight is 462 g/mol. The Balaban J connectivity index is 1.30. The van der Waals surface area contributed by atoms with Crippen molar-refractivity contribution in [2.24, 2.45) is 0 Å². The van der Waals surface area contributed by atoms with Crippen LogP contribution in [-0.2, 0) is 11.3 Å². The highest BCUT2D eigenvalue weighted by molar-refractivity contribution is 8.02. The van der Waals surface area contributed by atoms with Crippen LogP contribution in [0.5, 0.6) is 0 Å². The molecular weight excluding hydrogens is 445 g/mol. The van der Waals surface area contributed by atoms with E-state index in [1.165, 1.54) is 46.6 Å². The van der Waals surface area contributed by atoms with Crippen molar-refractivity contribution in [3.63, 3.8) is 0 Å². The van der Waals surface area contributed by atoms with Gasteiger partial charge in [-0.25, -0.2) is 9.37 Å². The number of thioether (sulfide) groups is 1. The molecule has 0 aliphatic heterocycles. The molecule has 0 aliphatic rings. The Bertz CT molecular complexity index is 1110. The highest BCUT2D eigenvalue weighted by Gasteiger charge is 2.19. The molecule has 0 spiro atoms. The summed E-state index contributed by atoms with van der Waals surface area (Å²) in [5.74, 6) is 0.320. The second-order valence-electron chi connectivity index (χ2n) is 6.10. The van der Waals surface area contributed by atoms with Crippen LogP contribution < -0.4 is 10.6 Å². The monoisotopic (exact) mass is 461 g/mol. The molecule has 1 aromatic carbocycles. The van der Waals surface area contributed by atoms with Crippen molar-refractivity contribution < 1.29 is 13.6 Å². The van der Waals surface area contributed by atoms with Gasteiger partial charge in [-0.3, -0.25) is 4.79 Å². The van der Waals surface area contributed by atoms with Crippen molar-refractivity contribution in [2.75, 3.05) is 10.6 Å². The van der Waals surface area contributed by atoms with Gasteiger partial charge in [0.05, 0.1) is 23.8 Å². The van der Waals surface area contributed by atoms with Crippen LogP contribution in [-0.4, -0.2) is 26.3 Å². The number of aromatic nitrogens is 3. The van der Waals surface area contributed by atoms with Gasteiger partial charge >= 0.3 is 0 Å². The third kappa shape index (κ3) is 5.23. The van der Waals surface area contributed by atoms with Crippen LogP contribution in [0.3, 0.4) is 0 Å². The number of furan rings is 1. The van der Waals surface area contributed by atoms with Crippen molar-refractivity contribution >= 4 is 50.6 Å². The Hall–Kier alpha value is -2.76. The van der Waals surface area contributed by atoms with Crippen LogP contribution in [0, 0.1) is 5.82 Å². The molecule has 4 rings (SSSR count). The quantitative estimate of drug-likeness (QED) is 0.352. The molecule has 0 bridgehead atoms. The molecule has 4 aromatic rings. The summed E-state index contributed by atoms with van der Waals surface area (Å²) in [6.45, 7) is 2.31. The molecule has 7 nitrogen and oxygen atoms in total. The van der Waals surface area contributed by atoms with E-state index in [-0.39, 0.29) is 17.0 Å². The van der Waals surface area contributed by atoms with Crippen LogP contribution in [0.25, 0.3) is 11.3 Å². The molecule has 0 unspecified atom stereocenters. The summed E-state index contributed by atoms with van der Waals surface area (Å²) in [5.41, 5.74) is 1.48. The number of amides is 1. The molecule has 11 heteroatoms. The Morgan fingerprint density at radius 2 is 2.07 bits per heavy atom. The molecule has 0 radical (unpaired) electrons. The maximum Gasteiger partial charge on any atom is 0.239 e. The van der Waals surface area contributed by atoms with E-state index >= 15 is 0 Å². The normalized spacial score (nSPS) is 11.9. The maximum atomic E-state index is 13.1. The molecule has 3 heterocycles. The summed E-state index contributed by atoms with van der Waals surface area (Å²) in [7, 11) is 0. The fourth-order valence-electron chi connectivity index (χ4n) is 2.40. The molecule has 30 heavy (non-hydrogen) atoms. The summed E-state index contributed by atoms with van der Waals surface area (Å²) in [5, 5.41) is 16.7. The number of carbonyl (C=O) groups excluding carboxylic acids is 1. The summed E-state index contributed by atoms with van der Waals surface area (Å²) in [6.07, 6.45) is 1.61. The van der Waals surface area contributed by atoms with Crippen molar-refractivity contribution in [2.45, 2.75) is 23.1 Å². The highest BCUT2D eigenvalue weighted by atomic mass is 32.2. The van der Waals surface area contributed by atoms with Gasteiger partial charge < -0.3 is 15.1 Å². The van der Waals surface area contributed by atoms with Gasteiger partial charge in [-0.1, -0.05) is 23.1 Å². The number of hydrogen-bond acceptors (Lipinski definition) is 9. The minimum Gasteiger partial charge on any atom is -0.467 e. The van der Waals surface area contributed by atoms with Gasteiger partial charge in [-0.05, 0) is 43.3 Å². The van der Waals surface area contributed by atoms with Gasteiger partial charge in [0, 0.05) is 10.9 Å². The standard InChI is InChI=1S/C19H16FN5O2S3/c1-11(29-19-25-24-17(30-19)21-9-14-3-2-8-27-14)16(26)23-18-22-15(10-28-18)12-4-6-13(20)7-5-12/h2-8,10-11H,9H2,1H3,(H,21,24)(H,22,23,26)/t11-/m0/s1. The SMILES string of the molecule is C[C@H](Sc1nnc(NCc2ccco2)s1)C(=O)Nc1nc(-c2ccc(F)cc2)cs1. The number of carbonyl (C=O) groups is 1. The van der Waals surface area contributed by atoms with Crippen molar-refractivity contribution in [3.05, 3.63) is 59.6 Å². The zero-order valence-corrected chi connectivity index (χ0v) is 18.1. The second kappa shape index (κ2) is 9.37. The number of halogens is 1. The van der Waals surface area contributed by atoms with Crippen LogP contribution in [0.1, 0.15) is 12.7 Å². The van der Waals surface area contributed by atoms with Crippen LogP contribution >= 0.6 is 34.4 Å². The number of nitrogens with one attached hydrogen (secondary N) is 2. The Morgan fingerprint density at radius 3 is 2.83 bits per heavy atom. The van der Waals surface area contributed by atoms with Gasteiger partial charge in [0.1, 0.15) is 11.6 Å². The molecule has 3 aromatic heterocycles. The molecule has 154 valence electrons. The predicted octanol–water partition coefficient (Wildman–Crippen LogP) is 5.13. The number of thiazole rings is 1. The maximum absolute atomic E-state index is 13.1. The average Bonchev–Trinajstić information content (AvgIpc) is 3.49. The third-order valence-electron chi connectivity index (χ3n) is 3.92. The van der Waals surface area contributed by atoms with Gasteiger partial charge in [0.25, 0.3) is 0 Å². The molecule has 0 fully saturated rings. The molecule has 2 N–H and O–H groups in total. The molecule has 0 aliphatic carbocycles. The zero-order valence-electron chi connectivity index (χ0n) is 15.7. The largest absolute Gasteiger partial charge is 0.467 e. The first kappa shape index (κ1) is 20.5. The number of benzene rings is 1. The van der Waals surface area contributed by atoms with Crippen molar-refractivity contribution in [1.82, 2.24) is 15.2 Å². The second-order valence-corrected chi connectivity index (χ2v) is 9.52. The fraction of sp³-hybridized carbons (Fsp3) is 0.158. The molecular formula is C19H16FN5O2S3. The Kier molecular flexibility index (Phi) is 6.41. The van der Waals surface area contributed by atoms with Gasteiger partial charge in [-0.15, -0.1) is 21.5 Å². The number of anilines is 2. The Labute approximate surface area is 183 Å². The molecule has 1 amide bonds. The van der Waals surface area contributed by atoms with Crippen molar-refractivity contribution in [1.29, 1.82) is 0 Å². The van der Waals surface area contributed by atoms with E-state index in [1.807, 2.05) is 17.5 Å². The first-order chi connectivity index (χ1) is 14.6. The summed E-state index contributed by atoms with van der Waals surface area (Å²) < 4.78 is 19.0. The van der Waals surface area contributed by atoms with Crippen LogP contribution in [0.15, 0.2) is 56.8 Å². The molecule has 1 atom stereocenters. The lowest BCUT2D eigenvalue weighted by Gasteiger charge is -2.07. The van der Waals surface area contributed by atoms with Crippen LogP contribution in [0.4, 0.5) is 14.7 Å². The van der Waals surface area contributed by atoms with E-state index in [1.54, 1.807) is 25.3 Å². The minimum atomic E-state index is -0.381. The van der Waals surface area contributed by atoms with E-state index in [4.69, 9.17) is 4.42 Å². The number of hydrogen-bond donors (Lipinski definition) is 2. The van der Waals surface area contributed by atoms with Gasteiger partial charge in [0.2, 0.25) is 11.0 Å². The zero-order chi connectivity index (χ0) is 20.9. The lowest BCUT2D eigenvalue weighted by Crippen LogP contribution is -2.22. The van der Waals surface area contributed by atoms with Gasteiger partial charge in [0.15, 0.2) is 9.47 Å². The van der Waals surface area contributed by atoms with E-state index in [0.29, 0.717) is 26.8 Å². The van der Waals surface area contributed by atoms with Crippen molar-refractivity contribution in [3.8, 4) is 11.3 Å². The van der Waals surface area contributed by atoms with E-state index in [0.717, 1.165) is 11.3 Å². The lowest BCUT2D eigenvalue weighted by atomic mass is 10.2. The fourth-order valence-corrected chi connectivity index (χ4v) is 5.02. The van der Waals surface area contributed by atoms with E-state index < -0.39 is 0 Å². The molecule has 0 saturated carbocycles.